The smallest absolute Gasteiger partial charge is 0.131 e. The lowest BCUT2D eigenvalue weighted by atomic mass is 9.99. The predicted octanol–water partition coefficient (Wildman–Crippen LogP) is 8.64. The third kappa shape index (κ3) is 7.87. The molecule has 0 fully saturated rings. The number of unbranched alkanes of at least 4 members (excludes halogenated alkanes) is 3. The van der Waals surface area contributed by atoms with Crippen molar-refractivity contribution in [3.8, 4) is 28.0 Å². The number of aromatic hydroxyl groups is 1. The Kier molecular flexibility index (Phi) is 9.71. The SMILES string of the molecule is CCCCCOC(C)CCCC=Cc1ccc(-c2ccc(-c3ccc(O)cc3)cc2)c(F)c1. The van der Waals surface area contributed by atoms with Crippen LogP contribution in [0.15, 0.2) is 72.8 Å². The molecule has 0 radical (unpaired) electrons. The van der Waals surface area contributed by atoms with Gasteiger partial charge in [-0.05, 0) is 73.1 Å². The molecule has 0 aromatic heterocycles. The van der Waals surface area contributed by atoms with Crippen molar-refractivity contribution in [3.63, 3.8) is 0 Å². The molecule has 3 rings (SSSR count). The van der Waals surface area contributed by atoms with E-state index < -0.39 is 0 Å². The molecule has 0 saturated heterocycles. The van der Waals surface area contributed by atoms with Crippen LogP contribution >= 0.6 is 0 Å². The number of rotatable bonds is 12. The molecule has 174 valence electrons. The summed E-state index contributed by atoms with van der Waals surface area (Å²) in [6, 6.07) is 20.3. The molecule has 0 spiro atoms. The lowest BCUT2D eigenvalue weighted by Gasteiger charge is -2.12. The van der Waals surface area contributed by atoms with Crippen LogP contribution in [0.25, 0.3) is 28.3 Å². The van der Waals surface area contributed by atoms with Crippen molar-refractivity contribution in [1.82, 2.24) is 0 Å². The second-order valence-electron chi connectivity index (χ2n) is 8.59. The van der Waals surface area contributed by atoms with Gasteiger partial charge in [0.1, 0.15) is 11.6 Å². The maximum atomic E-state index is 14.8. The van der Waals surface area contributed by atoms with E-state index in [0.717, 1.165) is 54.5 Å². The molecule has 0 bridgehead atoms. The number of hydrogen-bond donors (Lipinski definition) is 1. The summed E-state index contributed by atoms with van der Waals surface area (Å²) in [5.74, 6) is 0.0246. The van der Waals surface area contributed by atoms with Crippen LogP contribution in [0.3, 0.4) is 0 Å². The highest BCUT2D eigenvalue weighted by Crippen LogP contribution is 2.28. The van der Waals surface area contributed by atoms with Gasteiger partial charge in [0.25, 0.3) is 0 Å². The standard InChI is InChI=1S/C30H35FO2/c1-3-4-8-21-33-23(2)9-6-5-7-10-24-11-20-29(30(31)22-24)27-14-12-25(13-15-27)26-16-18-28(32)19-17-26/h7,10-20,22-23,32H,3-6,8-9,21H2,1-2H3. The van der Waals surface area contributed by atoms with Crippen molar-refractivity contribution < 1.29 is 14.2 Å². The molecule has 0 saturated carbocycles. The van der Waals surface area contributed by atoms with Crippen molar-refractivity contribution in [2.45, 2.75) is 58.5 Å². The van der Waals surface area contributed by atoms with Crippen LogP contribution in [0, 0.1) is 5.82 Å². The molecule has 0 heterocycles. The monoisotopic (exact) mass is 446 g/mol. The van der Waals surface area contributed by atoms with Gasteiger partial charge < -0.3 is 9.84 Å². The normalized spacial score (nSPS) is 12.3. The number of halogens is 1. The van der Waals surface area contributed by atoms with E-state index in [1.54, 1.807) is 18.2 Å². The number of phenolic OH excluding ortho intramolecular Hbond substituents is 1. The maximum absolute atomic E-state index is 14.8. The number of allylic oxidation sites excluding steroid dienone is 1. The molecule has 1 N–H and O–H groups in total. The zero-order valence-corrected chi connectivity index (χ0v) is 19.8. The molecule has 3 aromatic rings. The fourth-order valence-electron chi connectivity index (χ4n) is 3.83. The molecule has 1 unspecified atom stereocenters. The topological polar surface area (TPSA) is 29.5 Å². The van der Waals surface area contributed by atoms with Crippen LogP contribution in [-0.2, 0) is 4.74 Å². The molecule has 0 aliphatic carbocycles. The van der Waals surface area contributed by atoms with E-state index in [1.807, 2.05) is 54.6 Å². The van der Waals surface area contributed by atoms with Crippen LogP contribution in [0.5, 0.6) is 5.75 Å². The minimum absolute atomic E-state index is 0.219. The third-order valence-corrected chi connectivity index (χ3v) is 5.83. The van der Waals surface area contributed by atoms with Crippen LogP contribution in [0.4, 0.5) is 4.39 Å². The summed E-state index contributed by atoms with van der Waals surface area (Å²) in [6.07, 6.45) is 11.1. The Hall–Kier alpha value is -2.91. The molecule has 0 aliphatic heterocycles. The molecule has 2 nitrogen and oxygen atoms in total. The van der Waals surface area contributed by atoms with E-state index >= 15 is 0 Å². The molecule has 3 heteroatoms. The van der Waals surface area contributed by atoms with Crippen LogP contribution in [0.1, 0.15) is 57.9 Å². The van der Waals surface area contributed by atoms with Crippen molar-refractivity contribution >= 4 is 6.08 Å². The lowest BCUT2D eigenvalue weighted by molar-refractivity contribution is 0.0566. The van der Waals surface area contributed by atoms with Crippen LogP contribution in [0.2, 0.25) is 0 Å². The van der Waals surface area contributed by atoms with Crippen molar-refractivity contribution in [2.24, 2.45) is 0 Å². The summed E-state index contributed by atoms with van der Waals surface area (Å²) in [5, 5.41) is 9.44. The highest BCUT2D eigenvalue weighted by Gasteiger charge is 2.07. The van der Waals surface area contributed by atoms with Gasteiger partial charge in [-0.3, -0.25) is 0 Å². The van der Waals surface area contributed by atoms with E-state index in [2.05, 4.69) is 19.9 Å². The molecule has 0 aliphatic rings. The van der Waals surface area contributed by atoms with E-state index in [-0.39, 0.29) is 11.6 Å². The number of hydrogen-bond acceptors (Lipinski definition) is 2. The predicted molar refractivity (Wildman–Crippen MR) is 137 cm³/mol. The fourth-order valence-corrected chi connectivity index (χ4v) is 3.83. The van der Waals surface area contributed by atoms with Gasteiger partial charge in [0.2, 0.25) is 0 Å². The summed E-state index contributed by atoms with van der Waals surface area (Å²) in [6.45, 7) is 5.20. The Labute approximate surface area is 197 Å². The van der Waals surface area contributed by atoms with Crippen LogP contribution < -0.4 is 0 Å². The fraction of sp³-hybridized carbons (Fsp3) is 0.333. The average molecular weight is 447 g/mol. The molecule has 3 aromatic carbocycles. The lowest BCUT2D eigenvalue weighted by Crippen LogP contribution is -2.08. The van der Waals surface area contributed by atoms with Crippen LogP contribution in [-0.4, -0.2) is 17.8 Å². The summed E-state index contributed by atoms with van der Waals surface area (Å²) >= 11 is 0. The van der Waals surface area contributed by atoms with Crippen molar-refractivity contribution in [2.75, 3.05) is 6.61 Å². The van der Waals surface area contributed by atoms with Gasteiger partial charge in [-0.25, -0.2) is 4.39 Å². The van der Waals surface area contributed by atoms with Gasteiger partial charge in [-0.2, -0.15) is 0 Å². The van der Waals surface area contributed by atoms with E-state index in [1.165, 1.54) is 12.8 Å². The first-order valence-corrected chi connectivity index (χ1v) is 12.0. The summed E-state index contributed by atoms with van der Waals surface area (Å²) in [5.41, 5.74) is 4.36. The van der Waals surface area contributed by atoms with Gasteiger partial charge >= 0.3 is 0 Å². The number of benzene rings is 3. The largest absolute Gasteiger partial charge is 0.508 e. The molecule has 0 amide bonds. The Balaban J connectivity index is 1.51. The van der Waals surface area contributed by atoms with Gasteiger partial charge in [0, 0.05) is 12.2 Å². The first-order valence-electron chi connectivity index (χ1n) is 12.0. The highest BCUT2D eigenvalue weighted by atomic mass is 19.1. The van der Waals surface area contributed by atoms with Crippen molar-refractivity contribution in [1.29, 1.82) is 0 Å². The highest BCUT2D eigenvalue weighted by molar-refractivity contribution is 5.71. The van der Waals surface area contributed by atoms with Gasteiger partial charge in [0.05, 0.1) is 6.10 Å². The summed E-state index contributed by atoms with van der Waals surface area (Å²) < 4.78 is 20.6. The zero-order valence-electron chi connectivity index (χ0n) is 19.8. The second-order valence-corrected chi connectivity index (χ2v) is 8.59. The first-order chi connectivity index (χ1) is 16.1. The molecule has 1 atom stereocenters. The third-order valence-electron chi connectivity index (χ3n) is 5.83. The quantitative estimate of drug-likeness (QED) is 0.282. The Morgan fingerprint density at radius 3 is 2.21 bits per heavy atom. The summed E-state index contributed by atoms with van der Waals surface area (Å²) in [7, 11) is 0. The van der Waals surface area contributed by atoms with Crippen molar-refractivity contribution in [3.05, 3.63) is 84.2 Å². The minimum Gasteiger partial charge on any atom is -0.508 e. The maximum Gasteiger partial charge on any atom is 0.131 e. The molecule has 33 heavy (non-hydrogen) atoms. The minimum atomic E-state index is -0.219. The average Bonchev–Trinajstić information content (AvgIpc) is 2.82. The Morgan fingerprint density at radius 1 is 0.879 bits per heavy atom. The van der Waals surface area contributed by atoms with E-state index in [0.29, 0.717) is 11.7 Å². The van der Waals surface area contributed by atoms with Gasteiger partial charge in [0.15, 0.2) is 0 Å². The number of ether oxygens (including phenoxy) is 1. The summed E-state index contributed by atoms with van der Waals surface area (Å²) in [4.78, 5) is 0. The van der Waals surface area contributed by atoms with E-state index in [4.69, 9.17) is 4.74 Å². The first kappa shape index (κ1) is 24.7. The van der Waals surface area contributed by atoms with Gasteiger partial charge in [-0.1, -0.05) is 80.4 Å². The Morgan fingerprint density at radius 2 is 1.55 bits per heavy atom. The molecular weight excluding hydrogens is 411 g/mol. The molecular formula is C30H35FO2. The Bertz CT molecular complexity index is 1010. The van der Waals surface area contributed by atoms with E-state index in [9.17, 15) is 9.50 Å². The van der Waals surface area contributed by atoms with Gasteiger partial charge in [-0.15, -0.1) is 0 Å². The zero-order chi connectivity index (χ0) is 23.5. The number of phenols is 1. The second kappa shape index (κ2) is 13.0.